The first-order valence-corrected chi connectivity index (χ1v) is 5.71. The van der Waals surface area contributed by atoms with Crippen molar-refractivity contribution in [3.8, 4) is 0 Å². The van der Waals surface area contributed by atoms with Gasteiger partial charge in [-0.05, 0) is 19.1 Å². The van der Waals surface area contributed by atoms with Crippen LogP contribution in [-0.4, -0.2) is 9.97 Å². The number of hydrogen-bond donors (Lipinski definition) is 2. The number of hydrogen-bond acceptors (Lipinski definition) is 3. The SMILES string of the molecule is C[C@H](N)c1c(F)cccc1Sc1ncc[nH]1. The van der Waals surface area contributed by atoms with Crippen molar-refractivity contribution in [2.45, 2.75) is 23.0 Å². The minimum absolute atomic E-state index is 0.272. The lowest BCUT2D eigenvalue weighted by Crippen LogP contribution is -2.08. The summed E-state index contributed by atoms with van der Waals surface area (Å²) in [6.07, 6.45) is 3.39. The van der Waals surface area contributed by atoms with E-state index in [1.807, 2.05) is 6.07 Å². The minimum atomic E-state index is -0.335. The molecule has 1 aromatic heterocycles. The first-order chi connectivity index (χ1) is 7.68. The average molecular weight is 237 g/mol. The number of rotatable bonds is 3. The Morgan fingerprint density at radius 1 is 1.50 bits per heavy atom. The Balaban J connectivity index is 2.37. The summed E-state index contributed by atoms with van der Waals surface area (Å²) in [6.45, 7) is 1.77. The second-order valence-electron chi connectivity index (χ2n) is 3.44. The summed E-state index contributed by atoms with van der Waals surface area (Å²) in [5, 5.41) is 0.729. The second-order valence-corrected chi connectivity index (χ2v) is 4.47. The average Bonchev–Trinajstić information content (AvgIpc) is 2.70. The molecule has 16 heavy (non-hydrogen) atoms. The van der Waals surface area contributed by atoms with Gasteiger partial charge in [-0.2, -0.15) is 0 Å². The molecule has 0 fully saturated rings. The number of nitrogens with zero attached hydrogens (tertiary/aromatic N) is 1. The fraction of sp³-hybridized carbons (Fsp3) is 0.182. The first-order valence-electron chi connectivity index (χ1n) is 4.89. The van der Waals surface area contributed by atoms with E-state index in [4.69, 9.17) is 5.73 Å². The molecule has 5 heteroatoms. The molecule has 0 aliphatic rings. The summed E-state index contributed by atoms with van der Waals surface area (Å²) in [5.74, 6) is -0.272. The van der Waals surface area contributed by atoms with Gasteiger partial charge < -0.3 is 10.7 Å². The number of imidazole rings is 1. The van der Waals surface area contributed by atoms with Crippen LogP contribution >= 0.6 is 11.8 Å². The van der Waals surface area contributed by atoms with E-state index in [1.165, 1.54) is 17.8 Å². The zero-order valence-electron chi connectivity index (χ0n) is 8.77. The van der Waals surface area contributed by atoms with Gasteiger partial charge in [0.15, 0.2) is 5.16 Å². The van der Waals surface area contributed by atoms with Crippen LogP contribution in [0.15, 0.2) is 40.6 Å². The molecule has 0 spiro atoms. The van der Waals surface area contributed by atoms with E-state index in [0.717, 1.165) is 10.1 Å². The van der Waals surface area contributed by atoms with Crippen molar-refractivity contribution >= 4 is 11.8 Å². The van der Waals surface area contributed by atoms with Crippen molar-refractivity contribution in [1.29, 1.82) is 0 Å². The van der Waals surface area contributed by atoms with Crippen LogP contribution in [0.2, 0.25) is 0 Å². The number of nitrogens with one attached hydrogen (secondary N) is 1. The van der Waals surface area contributed by atoms with Gasteiger partial charge in [-0.3, -0.25) is 0 Å². The van der Waals surface area contributed by atoms with Crippen LogP contribution in [0.5, 0.6) is 0 Å². The van der Waals surface area contributed by atoms with Crippen molar-refractivity contribution in [1.82, 2.24) is 9.97 Å². The van der Waals surface area contributed by atoms with E-state index in [9.17, 15) is 4.39 Å². The van der Waals surface area contributed by atoms with Gasteiger partial charge in [-0.15, -0.1) is 0 Å². The van der Waals surface area contributed by atoms with Crippen molar-refractivity contribution < 1.29 is 4.39 Å². The molecule has 84 valence electrons. The standard InChI is InChI=1S/C11H12FN3S/c1-7(13)10-8(12)3-2-4-9(10)16-11-14-5-6-15-11/h2-7H,13H2,1H3,(H,14,15)/t7-/m0/s1. The summed E-state index contributed by atoms with van der Waals surface area (Å²) < 4.78 is 13.6. The molecule has 1 aromatic carbocycles. The maximum Gasteiger partial charge on any atom is 0.170 e. The Kier molecular flexibility index (Phi) is 3.26. The highest BCUT2D eigenvalue weighted by Gasteiger charge is 2.13. The topological polar surface area (TPSA) is 54.7 Å². The predicted octanol–water partition coefficient (Wildman–Crippen LogP) is 2.72. The Morgan fingerprint density at radius 3 is 2.94 bits per heavy atom. The normalized spacial score (nSPS) is 12.7. The largest absolute Gasteiger partial charge is 0.339 e. The maximum atomic E-state index is 13.6. The lowest BCUT2D eigenvalue weighted by molar-refractivity contribution is 0.585. The summed E-state index contributed by atoms with van der Waals surface area (Å²) >= 11 is 1.38. The Hall–Kier alpha value is -1.33. The molecular formula is C11H12FN3S. The summed E-state index contributed by atoms with van der Waals surface area (Å²) in [6, 6.07) is 4.60. The molecule has 0 radical (unpaired) electrons. The molecule has 0 aliphatic heterocycles. The number of nitrogens with two attached hydrogens (primary N) is 1. The van der Waals surface area contributed by atoms with E-state index in [0.29, 0.717) is 5.56 Å². The van der Waals surface area contributed by atoms with Gasteiger partial charge in [-0.25, -0.2) is 9.37 Å². The number of aromatic nitrogens is 2. The quantitative estimate of drug-likeness (QED) is 0.863. The van der Waals surface area contributed by atoms with Crippen LogP contribution in [0.4, 0.5) is 4.39 Å². The summed E-state index contributed by atoms with van der Waals surface area (Å²) in [7, 11) is 0. The monoisotopic (exact) mass is 237 g/mol. The Bertz CT molecular complexity index is 468. The lowest BCUT2D eigenvalue weighted by atomic mass is 10.1. The third-order valence-electron chi connectivity index (χ3n) is 2.15. The maximum absolute atomic E-state index is 13.6. The Morgan fingerprint density at radius 2 is 2.31 bits per heavy atom. The number of benzene rings is 1. The van der Waals surface area contributed by atoms with E-state index in [1.54, 1.807) is 25.4 Å². The van der Waals surface area contributed by atoms with Gasteiger partial charge in [0.2, 0.25) is 0 Å². The van der Waals surface area contributed by atoms with Crippen molar-refractivity contribution in [2.75, 3.05) is 0 Å². The van der Waals surface area contributed by atoms with Crippen molar-refractivity contribution in [3.63, 3.8) is 0 Å². The van der Waals surface area contributed by atoms with E-state index in [2.05, 4.69) is 9.97 Å². The van der Waals surface area contributed by atoms with Gasteiger partial charge in [0.05, 0.1) is 0 Å². The summed E-state index contributed by atoms with van der Waals surface area (Å²) in [5.41, 5.74) is 6.29. The molecule has 2 aromatic rings. The van der Waals surface area contributed by atoms with Crippen LogP contribution in [0.3, 0.4) is 0 Å². The third kappa shape index (κ3) is 2.25. The van der Waals surface area contributed by atoms with Gasteiger partial charge >= 0.3 is 0 Å². The van der Waals surface area contributed by atoms with Gasteiger partial charge in [0.1, 0.15) is 5.82 Å². The van der Waals surface area contributed by atoms with Crippen LogP contribution in [0, 0.1) is 5.82 Å². The Labute approximate surface area is 97.3 Å². The lowest BCUT2D eigenvalue weighted by Gasteiger charge is -2.12. The zero-order chi connectivity index (χ0) is 11.5. The van der Waals surface area contributed by atoms with E-state index < -0.39 is 0 Å². The zero-order valence-corrected chi connectivity index (χ0v) is 9.59. The fourth-order valence-corrected chi connectivity index (χ4v) is 2.45. The van der Waals surface area contributed by atoms with E-state index >= 15 is 0 Å². The number of halogens is 1. The van der Waals surface area contributed by atoms with Gasteiger partial charge in [0, 0.05) is 28.9 Å². The highest BCUT2D eigenvalue weighted by atomic mass is 32.2. The molecule has 3 nitrogen and oxygen atoms in total. The second kappa shape index (κ2) is 4.67. The minimum Gasteiger partial charge on any atom is -0.339 e. The molecule has 0 unspecified atom stereocenters. The van der Waals surface area contributed by atoms with Crippen molar-refractivity contribution in [2.24, 2.45) is 5.73 Å². The molecule has 0 aliphatic carbocycles. The molecule has 0 saturated heterocycles. The molecule has 0 saturated carbocycles. The molecule has 0 amide bonds. The predicted molar refractivity (Wildman–Crippen MR) is 61.7 cm³/mol. The number of aromatic amines is 1. The van der Waals surface area contributed by atoms with Crippen LogP contribution in [0.1, 0.15) is 18.5 Å². The van der Waals surface area contributed by atoms with E-state index in [-0.39, 0.29) is 11.9 Å². The molecule has 2 rings (SSSR count). The van der Waals surface area contributed by atoms with Gasteiger partial charge in [-0.1, -0.05) is 17.8 Å². The van der Waals surface area contributed by atoms with Gasteiger partial charge in [0.25, 0.3) is 0 Å². The molecule has 3 N–H and O–H groups in total. The summed E-state index contributed by atoms with van der Waals surface area (Å²) in [4.78, 5) is 7.84. The first kappa shape index (κ1) is 11.2. The molecule has 1 atom stereocenters. The highest BCUT2D eigenvalue weighted by Crippen LogP contribution is 2.32. The van der Waals surface area contributed by atoms with Crippen LogP contribution < -0.4 is 5.73 Å². The number of H-pyrrole nitrogens is 1. The molecular weight excluding hydrogens is 225 g/mol. The van der Waals surface area contributed by atoms with Crippen molar-refractivity contribution in [3.05, 3.63) is 42.0 Å². The van der Waals surface area contributed by atoms with Crippen LogP contribution in [-0.2, 0) is 0 Å². The smallest absolute Gasteiger partial charge is 0.170 e. The third-order valence-corrected chi connectivity index (χ3v) is 3.14. The molecule has 1 heterocycles. The fourth-order valence-electron chi connectivity index (χ4n) is 1.46. The highest BCUT2D eigenvalue weighted by molar-refractivity contribution is 7.99. The molecule has 0 bridgehead atoms. The van der Waals surface area contributed by atoms with Crippen LogP contribution in [0.25, 0.3) is 0 Å².